The number of benzene rings is 6. The molecular weight excluding hydrogens is 737 g/mol. The van der Waals surface area contributed by atoms with Crippen LogP contribution in [-0.4, -0.2) is 36.3 Å². The van der Waals surface area contributed by atoms with Crippen LogP contribution >= 0.6 is 11.8 Å². The van der Waals surface area contributed by atoms with E-state index in [0.29, 0.717) is 39.1 Å². The Morgan fingerprint density at radius 1 is 0.448 bits per heavy atom. The van der Waals surface area contributed by atoms with E-state index >= 15 is 0 Å². The number of hydrogen-bond donors (Lipinski definition) is 0. The number of hydrogen-bond acceptors (Lipinski definition) is 6. The maximum Gasteiger partial charge on any atom is 0.119 e. The highest BCUT2D eigenvalue weighted by Gasteiger charge is 2.48. The van der Waals surface area contributed by atoms with Gasteiger partial charge < -0.3 is 23.7 Å². The fraction of sp³-hybridized carbons (Fsp3) is 0.308. The standard InChI is InChI=1S/C52H54O5S/c1-5-16-40(17-6-1)34-53-38-48-49(54-35-41-18-7-2-8-19-41)50(55-36-42-20-9-3-10-21-42)51(56-37-43-22-11-4-12-23-43)52(58-48)45-25-15-24-44(33-45)32-39-28-30-47(31-29-39)57-46-26-13-14-27-46/h1-12,15-25,28-31,33,46,48-52H,13-14,26-27,32,34-38H2/t48-,49-,50+,51-,52+/m1/s1. The molecular formula is C52H54O5S. The van der Waals surface area contributed by atoms with Crippen molar-refractivity contribution in [3.05, 3.63) is 209 Å². The Morgan fingerprint density at radius 2 is 0.948 bits per heavy atom. The van der Waals surface area contributed by atoms with Gasteiger partial charge in [0.15, 0.2) is 0 Å². The second-order valence-electron chi connectivity index (χ2n) is 15.5. The first kappa shape index (κ1) is 40.1. The molecule has 0 spiro atoms. The summed E-state index contributed by atoms with van der Waals surface area (Å²) in [7, 11) is 0. The molecule has 1 saturated heterocycles. The van der Waals surface area contributed by atoms with E-state index in [1.54, 1.807) is 0 Å². The van der Waals surface area contributed by atoms with Gasteiger partial charge in [-0.15, -0.1) is 11.8 Å². The first-order chi connectivity index (χ1) is 28.7. The maximum absolute atomic E-state index is 7.09. The fourth-order valence-electron chi connectivity index (χ4n) is 8.06. The van der Waals surface area contributed by atoms with Crippen LogP contribution in [0.15, 0.2) is 170 Å². The van der Waals surface area contributed by atoms with Crippen molar-refractivity contribution in [2.75, 3.05) is 6.61 Å². The quantitative estimate of drug-likeness (QED) is 0.0864. The predicted octanol–water partition coefficient (Wildman–Crippen LogP) is 11.7. The third kappa shape index (κ3) is 11.3. The Labute approximate surface area is 348 Å². The maximum atomic E-state index is 7.09. The van der Waals surface area contributed by atoms with Crippen LogP contribution in [0.3, 0.4) is 0 Å². The Morgan fingerprint density at radius 3 is 1.52 bits per heavy atom. The van der Waals surface area contributed by atoms with Crippen LogP contribution in [0.5, 0.6) is 5.75 Å². The SMILES string of the molecule is c1ccc(COC[C@H]2S[C@@H](c3cccc(Cc4ccc(OC5CCCC5)cc4)c3)[C@H](OCc3ccccc3)[C@@H](OCc3ccccc3)[C@@H]2OCc2ccccc2)cc1. The molecule has 5 nitrogen and oxygen atoms in total. The van der Waals surface area contributed by atoms with Crippen molar-refractivity contribution in [3.63, 3.8) is 0 Å². The average Bonchev–Trinajstić information content (AvgIpc) is 3.80. The van der Waals surface area contributed by atoms with Gasteiger partial charge in [-0.05, 0) is 83.2 Å². The summed E-state index contributed by atoms with van der Waals surface area (Å²) in [6.07, 6.45) is 4.99. The molecule has 6 aromatic carbocycles. The summed E-state index contributed by atoms with van der Waals surface area (Å²) >= 11 is 1.89. The minimum absolute atomic E-state index is 0.0363. The molecule has 0 aromatic heterocycles. The molecule has 1 aliphatic carbocycles. The largest absolute Gasteiger partial charge is 0.490 e. The summed E-state index contributed by atoms with van der Waals surface area (Å²) in [6, 6.07) is 59.3. The van der Waals surface area contributed by atoms with Crippen LogP contribution in [0, 0.1) is 0 Å². The second kappa shape index (κ2) is 20.8. The van der Waals surface area contributed by atoms with Gasteiger partial charge in [0.25, 0.3) is 0 Å². The van der Waals surface area contributed by atoms with Gasteiger partial charge in [0, 0.05) is 0 Å². The van der Waals surface area contributed by atoms with Crippen molar-refractivity contribution in [1.29, 1.82) is 0 Å². The Bertz CT molecular complexity index is 2070. The number of ether oxygens (including phenoxy) is 5. The first-order valence-corrected chi connectivity index (χ1v) is 21.8. The Hall–Kier alpha value is -4.69. The van der Waals surface area contributed by atoms with Crippen LogP contribution in [0.4, 0.5) is 0 Å². The highest BCUT2D eigenvalue weighted by Crippen LogP contribution is 2.47. The van der Waals surface area contributed by atoms with E-state index in [1.807, 2.05) is 36.0 Å². The summed E-state index contributed by atoms with van der Waals surface area (Å²) < 4.78 is 34.0. The molecule has 0 bridgehead atoms. The predicted molar refractivity (Wildman–Crippen MR) is 234 cm³/mol. The van der Waals surface area contributed by atoms with E-state index in [9.17, 15) is 0 Å². The molecule has 8 rings (SSSR count). The highest BCUT2D eigenvalue weighted by molar-refractivity contribution is 8.00. The van der Waals surface area contributed by atoms with E-state index in [2.05, 4.69) is 146 Å². The van der Waals surface area contributed by atoms with Crippen molar-refractivity contribution >= 4 is 11.8 Å². The van der Waals surface area contributed by atoms with Crippen LogP contribution in [0.1, 0.15) is 69.9 Å². The number of thioether (sulfide) groups is 1. The van der Waals surface area contributed by atoms with Gasteiger partial charge in [0.2, 0.25) is 0 Å². The molecule has 1 heterocycles. The second-order valence-corrected chi connectivity index (χ2v) is 16.9. The molecule has 6 aromatic rings. The third-order valence-corrected chi connectivity index (χ3v) is 12.7. The van der Waals surface area contributed by atoms with Crippen molar-refractivity contribution < 1.29 is 23.7 Å². The molecule has 1 saturated carbocycles. The van der Waals surface area contributed by atoms with E-state index < -0.39 is 0 Å². The van der Waals surface area contributed by atoms with Gasteiger partial charge >= 0.3 is 0 Å². The first-order valence-electron chi connectivity index (χ1n) is 20.8. The normalized spacial score (nSPS) is 20.9. The van der Waals surface area contributed by atoms with Crippen molar-refractivity contribution in [2.24, 2.45) is 0 Å². The minimum atomic E-state index is -0.389. The lowest BCUT2D eigenvalue weighted by molar-refractivity contribution is -0.160. The van der Waals surface area contributed by atoms with E-state index in [-0.39, 0.29) is 28.8 Å². The zero-order valence-corrected chi connectivity index (χ0v) is 34.0. The molecule has 0 unspecified atom stereocenters. The van der Waals surface area contributed by atoms with Gasteiger partial charge in [-0.3, -0.25) is 0 Å². The van der Waals surface area contributed by atoms with Crippen molar-refractivity contribution in [1.82, 2.24) is 0 Å². The Kier molecular flexibility index (Phi) is 14.4. The lowest BCUT2D eigenvalue weighted by Gasteiger charge is -2.46. The summed E-state index contributed by atoms with van der Waals surface area (Å²) in [5, 5.41) is -0.0839. The highest BCUT2D eigenvalue weighted by atomic mass is 32.2. The molecule has 58 heavy (non-hydrogen) atoms. The van der Waals surface area contributed by atoms with E-state index in [1.165, 1.54) is 29.5 Å². The summed E-state index contributed by atoms with van der Waals surface area (Å²) in [5.74, 6) is 0.965. The number of rotatable bonds is 18. The molecule has 5 atom stereocenters. The van der Waals surface area contributed by atoms with Crippen LogP contribution in [0.25, 0.3) is 0 Å². The van der Waals surface area contributed by atoms with Gasteiger partial charge in [-0.1, -0.05) is 158 Å². The van der Waals surface area contributed by atoms with Crippen molar-refractivity contribution in [3.8, 4) is 5.75 Å². The molecule has 0 N–H and O–H groups in total. The third-order valence-electron chi connectivity index (χ3n) is 11.1. The smallest absolute Gasteiger partial charge is 0.119 e. The van der Waals surface area contributed by atoms with Crippen LogP contribution in [0.2, 0.25) is 0 Å². The lowest BCUT2D eigenvalue weighted by atomic mass is 9.94. The molecule has 1 aliphatic heterocycles. The van der Waals surface area contributed by atoms with Gasteiger partial charge in [0.05, 0.1) is 49.6 Å². The molecule has 298 valence electrons. The molecule has 0 amide bonds. The van der Waals surface area contributed by atoms with E-state index in [4.69, 9.17) is 23.7 Å². The van der Waals surface area contributed by atoms with Gasteiger partial charge in [0.1, 0.15) is 24.1 Å². The molecule has 2 aliphatic rings. The zero-order valence-electron chi connectivity index (χ0n) is 33.2. The van der Waals surface area contributed by atoms with Crippen LogP contribution in [-0.2, 0) is 51.8 Å². The fourth-order valence-corrected chi connectivity index (χ4v) is 9.69. The molecule has 2 fully saturated rings. The topological polar surface area (TPSA) is 46.2 Å². The minimum Gasteiger partial charge on any atom is -0.490 e. The summed E-state index contributed by atoms with van der Waals surface area (Å²) in [6.45, 7) is 2.39. The lowest BCUT2D eigenvalue weighted by Crippen LogP contribution is -2.54. The van der Waals surface area contributed by atoms with Crippen molar-refractivity contribution in [2.45, 2.75) is 93.4 Å². The van der Waals surface area contributed by atoms with Gasteiger partial charge in [-0.25, -0.2) is 0 Å². The average molecular weight is 791 g/mol. The monoisotopic (exact) mass is 790 g/mol. The van der Waals surface area contributed by atoms with Gasteiger partial charge in [-0.2, -0.15) is 0 Å². The summed E-state index contributed by atoms with van der Waals surface area (Å²) in [5.41, 5.74) is 8.22. The van der Waals surface area contributed by atoms with E-state index in [0.717, 1.165) is 47.3 Å². The van der Waals surface area contributed by atoms with Crippen LogP contribution < -0.4 is 4.74 Å². The Balaban J connectivity index is 1.10. The molecule has 6 heteroatoms. The zero-order chi connectivity index (χ0) is 39.2. The summed E-state index contributed by atoms with van der Waals surface area (Å²) in [4.78, 5) is 0. The molecule has 0 radical (unpaired) electrons.